The highest BCUT2D eigenvalue weighted by atomic mass is 16.7. The van der Waals surface area contributed by atoms with Crippen molar-refractivity contribution in [3.8, 4) is 0 Å². The van der Waals surface area contributed by atoms with Crippen LogP contribution < -0.4 is 0 Å². The molecule has 1 aliphatic rings. The summed E-state index contributed by atoms with van der Waals surface area (Å²) in [7, 11) is 1.36. The van der Waals surface area contributed by atoms with E-state index in [4.69, 9.17) is 9.47 Å². The van der Waals surface area contributed by atoms with E-state index in [1.807, 2.05) is 0 Å². The van der Waals surface area contributed by atoms with Gasteiger partial charge in [-0.05, 0) is 13.8 Å². The van der Waals surface area contributed by atoms with Crippen LogP contribution in [0.25, 0.3) is 0 Å². The molecule has 0 aromatic rings. The van der Waals surface area contributed by atoms with E-state index in [2.05, 4.69) is 4.74 Å². The Hall–Kier alpha value is -0.610. The SMILES string of the molecule is COC(=O)C1CCOC(C)(C)O1. The molecule has 1 atom stereocenters. The molecular formula is C8H14O4. The van der Waals surface area contributed by atoms with E-state index in [0.29, 0.717) is 13.0 Å². The Morgan fingerprint density at radius 1 is 1.58 bits per heavy atom. The van der Waals surface area contributed by atoms with Crippen LogP contribution >= 0.6 is 0 Å². The second-order valence-electron chi connectivity index (χ2n) is 3.17. The summed E-state index contributed by atoms with van der Waals surface area (Å²) < 4.78 is 15.2. The Bertz CT molecular complexity index is 176. The number of ether oxygens (including phenoxy) is 3. The van der Waals surface area contributed by atoms with Crippen molar-refractivity contribution in [3.63, 3.8) is 0 Å². The zero-order chi connectivity index (χ0) is 9.19. The Morgan fingerprint density at radius 2 is 2.25 bits per heavy atom. The van der Waals surface area contributed by atoms with Gasteiger partial charge in [0.2, 0.25) is 0 Å². The van der Waals surface area contributed by atoms with E-state index in [-0.39, 0.29) is 5.97 Å². The van der Waals surface area contributed by atoms with Crippen LogP contribution in [0.2, 0.25) is 0 Å². The lowest BCUT2D eigenvalue weighted by Gasteiger charge is -2.34. The first-order valence-electron chi connectivity index (χ1n) is 3.95. The molecule has 0 bridgehead atoms. The zero-order valence-electron chi connectivity index (χ0n) is 7.62. The number of methoxy groups -OCH3 is 1. The predicted octanol–water partition coefficient (Wildman–Crippen LogP) is 0.701. The largest absolute Gasteiger partial charge is 0.467 e. The molecule has 0 amide bonds. The third-order valence-corrected chi connectivity index (χ3v) is 1.72. The van der Waals surface area contributed by atoms with E-state index in [0.717, 1.165) is 0 Å². The van der Waals surface area contributed by atoms with Crippen molar-refractivity contribution in [2.24, 2.45) is 0 Å². The van der Waals surface area contributed by atoms with Crippen LogP contribution in [0.5, 0.6) is 0 Å². The summed E-state index contributed by atoms with van der Waals surface area (Å²) in [5.74, 6) is -0.997. The molecule has 12 heavy (non-hydrogen) atoms. The summed E-state index contributed by atoms with van der Waals surface area (Å²) in [4.78, 5) is 11.1. The second kappa shape index (κ2) is 3.41. The molecule has 1 heterocycles. The topological polar surface area (TPSA) is 44.8 Å². The van der Waals surface area contributed by atoms with E-state index < -0.39 is 11.9 Å². The smallest absolute Gasteiger partial charge is 0.335 e. The first kappa shape index (κ1) is 9.48. The minimum absolute atomic E-state index is 0.327. The molecule has 1 saturated heterocycles. The Labute approximate surface area is 71.8 Å². The molecule has 0 saturated carbocycles. The molecule has 1 aliphatic heterocycles. The van der Waals surface area contributed by atoms with Crippen molar-refractivity contribution >= 4 is 5.97 Å². The predicted molar refractivity (Wildman–Crippen MR) is 41.5 cm³/mol. The van der Waals surface area contributed by atoms with Crippen LogP contribution in [-0.2, 0) is 19.0 Å². The maximum atomic E-state index is 11.1. The molecule has 0 spiro atoms. The summed E-state index contributed by atoms with van der Waals surface area (Å²) in [6.07, 6.45) is 0.0922. The third-order valence-electron chi connectivity index (χ3n) is 1.72. The molecule has 1 unspecified atom stereocenters. The number of rotatable bonds is 1. The van der Waals surface area contributed by atoms with Crippen LogP contribution in [-0.4, -0.2) is 31.6 Å². The first-order chi connectivity index (χ1) is 5.55. The van der Waals surface area contributed by atoms with Crippen LogP contribution in [0, 0.1) is 0 Å². The number of hydrogen-bond acceptors (Lipinski definition) is 4. The van der Waals surface area contributed by atoms with E-state index >= 15 is 0 Å². The highest BCUT2D eigenvalue weighted by Gasteiger charge is 2.33. The van der Waals surface area contributed by atoms with Gasteiger partial charge in [0.1, 0.15) is 0 Å². The average Bonchev–Trinajstić information content (AvgIpc) is 2.01. The minimum Gasteiger partial charge on any atom is -0.467 e. The monoisotopic (exact) mass is 174 g/mol. The molecule has 0 N–H and O–H groups in total. The van der Waals surface area contributed by atoms with Crippen molar-refractivity contribution < 1.29 is 19.0 Å². The van der Waals surface area contributed by atoms with Gasteiger partial charge in [-0.3, -0.25) is 0 Å². The average molecular weight is 174 g/mol. The fraction of sp³-hybridized carbons (Fsp3) is 0.875. The fourth-order valence-corrected chi connectivity index (χ4v) is 1.14. The van der Waals surface area contributed by atoms with E-state index in [1.165, 1.54) is 7.11 Å². The highest BCUT2D eigenvalue weighted by Crippen LogP contribution is 2.22. The molecule has 0 aliphatic carbocycles. The lowest BCUT2D eigenvalue weighted by atomic mass is 10.2. The first-order valence-corrected chi connectivity index (χ1v) is 3.95. The summed E-state index contributed by atoms with van der Waals surface area (Å²) in [5.41, 5.74) is 0. The van der Waals surface area contributed by atoms with Crippen LogP contribution in [0.3, 0.4) is 0 Å². The zero-order valence-corrected chi connectivity index (χ0v) is 7.62. The van der Waals surface area contributed by atoms with Gasteiger partial charge in [-0.1, -0.05) is 0 Å². The van der Waals surface area contributed by atoms with Gasteiger partial charge < -0.3 is 14.2 Å². The summed E-state index contributed by atoms with van der Waals surface area (Å²) in [6.45, 7) is 4.09. The molecule has 0 radical (unpaired) electrons. The lowest BCUT2D eigenvalue weighted by molar-refractivity contribution is -0.272. The molecular weight excluding hydrogens is 160 g/mol. The van der Waals surface area contributed by atoms with Crippen LogP contribution in [0.15, 0.2) is 0 Å². The summed E-state index contributed by atoms with van der Waals surface area (Å²) >= 11 is 0. The normalized spacial score (nSPS) is 28.1. The van der Waals surface area contributed by atoms with Crippen molar-refractivity contribution in [3.05, 3.63) is 0 Å². The molecule has 70 valence electrons. The van der Waals surface area contributed by atoms with Crippen molar-refractivity contribution in [2.45, 2.75) is 32.2 Å². The summed E-state index contributed by atoms with van der Waals surface area (Å²) in [6, 6.07) is 0. The quantitative estimate of drug-likeness (QED) is 0.549. The molecule has 1 rings (SSSR count). The molecule has 4 heteroatoms. The third kappa shape index (κ3) is 2.19. The van der Waals surface area contributed by atoms with Gasteiger partial charge in [-0.25, -0.2) is 4.79 Å². The molecule has 4 nitrogen and oxygen atoms in total. The van der Waals surface area contributed by atoms with Gasteiger partial charge in [-0.15, -0.1) is 0 Å². The minimum atomic E-state index is -0.670. The maximum absolute atomic E-state index is 11.1. The van der Waals surface area contributed by atoms with Crippen LogP contribution in [0.4, 0.5) is 0 Å². The molecule has 0 aromatic carbocycles. The van der Waals surface area contributed by atoms with Crippen molar-refractivity contribution in [1.29, 1.82) is 0 Å². The highest BCUT2D eigenvalue weighted by molar-refractivity contribution is 5.74. The Balaban J connectivity index is 2.52. The van der Waals surface area contributed by atoms with E-state index in [9.17, 15) is 4.79 Å². The number of esters is 1. The number of carbonyl (C=O) groups is 1. The van der Waals surface area contributed by atoms with Gasteiger partial charge in [0, 0.05) is 6.42 Å². The van der Waals surface area contributed by atoms with Gasteiger partial charge in [0.15, 0.2) is 11.9 Å². The maximum Gasteiger partial charge on any atom is 0.335 e. The van der Waals surface area contributed by atoms with Gasteiger partial charge in [0.25, 0.3) is 0 Å². The van der Waals surface area contributed by atoms with Crippen molar-refractivity contribution in [1.82, 2.24) is 0 Å². The standard InChI is InChI=1S/C8H14O4/c1-8(2)11-5-4-6(12-8)7(9)10-3/h6H,4-5H2,1-3H3. The number of hydrogen-bond donors (Lipinski definition) is 0. The van der Waals surface area contributed by atoms with E-state index in [1.54, 1.807) is 13.8 Å². The number of carbonyl (C=O) groups excluding carboxylic acids is 1. The second-order valence-corrected chi connectivity index (χ2v) is 3.17. The van der Waals surface area contributed by atoms with Gasteiger partial charge in [0.05, 0.1) is 13.7 Å². The van der Waals surface area contributed by atoms with Gasteiger partial charge >= 0.3 is 5.97 Å². The Kier molecular flexibility index (Phi) is 2.69. The summed E-state index contributed by atoms with van der Waals surface area (Å²) in [5, 5.41) is 0. The Morgan fingerprint density at radius 3 is 2.75 bits per heavy atom. The van der Waals surface area contributed by atoms with Crippen molar-refractivity contribution in [2.75, 3.05) is 13.7 Å². The van der Waals surface area contributed by atoms with Gasteiger partial charge in [-0.2, -0.15) is 0 Å². The van der Waals surface area contributed by atoms with Crippen LogP contribution in [0.1, 0.15) is 20.3 Å². The lowest BCUT2D eigenvalue weighted by Crippen LogP contribution is -2.43. The fourth-order valence-electron chi connectivity index (χ4n) is 1.14. The molecule has 0 aromatic heterocycles. The molecule has 1 fully saturated rings.